The number of nitrogens with zero attached hydrogens (tertiary/aromatic N) is 2. The Labute approximate surface area is 160 Å². The fraction of sp³-hybridized carbons (Fsp3) is 0.158. The summed E-state index contributed by atoms with van der Waals surface area (Å²) in [4.78, 5) is 27.0. The van der Waals surface area contributed by atoms with Gasteiger partial charge in [-0.1, -0.05) is 47.7 Å². The molecule has 0 spiro atoms. The van der Waals surface area contributed by atoms with E-state index >= 15 is 0 Å². The average Bonchev–Trinajstić information content (AvgIpc) is 2.67. The number of aryl methyl sites for hydroxylation is 1. The van der Waals surface area contributed by atoms with Gasteiger partial charge in [-0.05, 0) is 19.1 Å². The van der Waals surface area contributed by atoms with Gasteiger partial charge in [-0.15, -0.1) is 10.2 Å². The fourth-order valence-electron chi connectivity index (χ4n) is 2.32. The van der Waals surface area contributed by atoms with Crippen molar-refractivity contribution in [2.45, 2.75) is 12.1 Å². The van der Waals surface area contributed by atoms with Crippen LogP contribution in [-0.4, -0.2) is 34.0 Å². The molecule has 0 aliphatic heterocycles. The van der Waals surface area contributed by atoms with E-state index in [0.29, 0.717) is 17.0 Å². The molecule has 2 aromatic carbocycles. The van der Waals surface area contributed by atoms with E-state index in [1.165, 1.54) is 0 Å². The number of aromatic amines is 1. The van der Waals surface area contributed by atoms with E-state index in [1.807, 2.05) is 31.2 Å². The quantitative estimate of drug-likeness (QED) is 0.636. The molecule has 3 rings (SSSR count). The molecule has 8 heteroatoms. The predicted octanol–water partition coefficient (Wildman–Crippen LogP) is 2.88. The van der Waals surface area contributed by atoms with Crippen molar-refractivity contribution in [1.82, 2.24) is 15.2 Å². The first-order valence-corrected chi connectivity index (χ1v) is 9.14. The summed E-state index contributed by atoms with van der Waals surface area (Å²) >= 11 is 1.11. The lowest BCUT2D eigenvalue weighted by molar-refractivity contribution is -0.113. The van der Waals surface area contributed by atoms with E-state index in [4.69, 9.17) is 4.74 Å². The molecule has 0 radical (unpaired) electrons. The predicted molar refractivity (Wildman–Crippen MR) is 105 cm³/mol. The van der Waals surface area contributed by atoms with Gasteiger partial charge in [0.1, 0.15) is 5.75 Å². The molecule has 7 nitrogen and oxygen atoms in total. The van der Waals surface area contributed by atoms with Crippen molar-refractivity contribution >= 4 is 23.4 Å². The van der Waals surface area contributed by atoms with Crippen LogP contribution in [0.4, 0.5) is 5.69 Å². The third-order valence-corrected chi connectivity index (χ3v) is 4.56. The maximum absolute atomic E-state index is 12.2. The zero-order chi connectivity index (χ0) is 19.2. The number of carbonyl (C=O) groups excluding carboxylic acids is 1. The number of aromatic nitrogens is 3. The van der Waals surface area contributed by atoms with Crippen LogP contribution < -0.4 is 15.6 Å². The number of benzene rings is 2. The molecule has 0 fully saturated rings. The number of carbonyl (C=O) groups is 1. The maximum atomic E-state index is 12.2. The number of nitrogens with one attached hydrogen (secondary N) is 2. The second kappa shape index (κ2) is 8.50. The summed E-state index contributed by atoms with van der Waals surface area (Å²) in [5.74, 6) is 0.520. The number of methoxy groups -OCH3 is 1. The van der Waals surface area contributed by atoms with Gasteiger partial charge in [0.15, 0.2) is 10.9 Å². The first-order valence-electron chi connectivity index (χ1n) is 8.16. The SMILES string of the molecule is COc1cccc(NC(=O)CSc2nnc(-c3ccc(C)cc3)c(=O)[nH]2)c1. The van der Waals surface area contributed by atoms with Crippen molar-refractivity contribution in [3.05, 3.63) is 64.4 Å². The minimum Gasteiger partial charge on any atom is -0.497 e. The highest BCUT2D eigenvalue weighted by molar-refractivity contribution is 7.99. The van der Waals surface area contributed by atoms with Crippen LogP contribution in [0, 0.1) is 6.92 Å². The van der Waals surface area contributed by atoms with Gasteiger partial charge < -0.3 is 10.1 Å². The molecular weight excluding hydrogens is 364 g/mol. The standard InChI is InChI=1S/C19H18N4O3S/c1-12-6-8-13(9-7-12)17-18(25)21-19(23-22-17)27-11-16(24)20-14-4-3-5-15(10-14)26-2/h3-10H,11H2,1-2H3,(H,20,24)(H,21,23,25). The second-order valence-electron chi connectivity index (χ2n) is 5.74. The Bertz CT molecular complexity index is 1000. The Kier molecular flexibility index (Phi) is 5.87. The first kappa shape index (κ1) is 18.7. The molecule has 0 saturated carbocycles. The van der Waals surface area contributed by atoms with E-state index in [9.17, 15) is 9.59 Å². The molecule has 138 valence electrons. The topological polar surface area (TPSA) is 97.0 Å². The van der Waals surface area contributed by atoms with Crippen LogP contribution in [0.25, 0.3) is 11.3 Å². The molecule has 0 atom stereocenters. The highest BCUT2D eigenvalue weighted by Gasteiger charge is 2.10. The van der Waals surface area contributed by atoms with Crippen LogP contribution in [0.5, 0.6) is 5.75 Å². The molecule has 0 aliphatic rings. The molecule has 1 amide bonds. The number of anilines is 1. The smallest absolute Gasteiger partial charge is 0.278 e. The molecule has 0 unspecified atom stereocenters. The van der Waals surface area contributed by atoms with Crippen molar-refractivity contribution in [2.24, 2.45) is 0 Å². The van der Waals surface area contributed by atoms with Gasteiger partial charge in [0.2, 0.25) is 5.91 Å². The van der Waals surface area contributed by atoms with Gasteiger partial charge in [-0.3, -0.25) is 14.6 Å². The Morgan fingerprint density at radius 2 is 1.96 bits per heavy atom. The highest BCUT2D eigenvalue weighted by atomic mass is 32.2. The third-order valence-electron chi connectivity index (χ3n) is 3.69. The number of amides is 1. The van der Waals surface area contributed by atoms with Crippen molar-refractivity contribution in [3.63, 3.8) is 0 Å². The minimum absolute atomic E-state index is 0.0890. The molecule has 2 N–H and O–H groups in total. The minimum atomic E-state index is -0.343. The maximum Gasteiger partial charge on any atom is 0.278 e. The summed E-state index contributed by atoms with van der Waals surface area (Å²) in [5.41, 5.74) is 2.33. The van der Waals surface area contributed by atoms with Gasteiger partial charge in [0.25, 0.3) is 5.56 Å². The highest BCUT2D eigenvalue weighted by Crippen LogP contribution is 2.18. The van der Waals surface area contributed by atoms with Gasteiger partial charge in [-0.2, -0.15) is 0 Å². The van der Waals surface area contributed by atoms with E-state index in [1.54, 1.807) is 31.4 Å². The van der Waals surface area contributed by atoms with Crippen molar-refractivity contribution < 1.29 is 9.53 Å². The Morgan fingerprint density at radius 1 is 1.19 bits per heavy atom. The van der Waals surface area contributed by atoms with Crippen LogP contribution in [-0.2, 0) is 4.79 Å². The lowest BCUT2D eigenvalue weighted by Crippen LogP contribution is -2.17. The van der Waals surface area contributed by atoms with Gasteiger partial charge in [-0.25, -0.2) is 0 Å². The number of rotatable bonds is 6. The molecule has 1 aromatic heterocycles. The van der Waals surface area contributed by atoms with Crippen LogP contribution in [0.1, 0.15) is 5.56 Å². The molecule has 0 aliphatic carbocycles. The van der Waals surface area contributed by atoms with E-state index in [-0.39, 0.29) is 28.1 Å². The number of H-pyrrole nitrogens is 1. The zero-order valence-corrected chi connectivity index (χ0v) is 15.7. The second-order valence-corrected chi connectivity index (χ2v) is 6.71. The molecular formula is C19H18N4O3S. The van der Waals surface area contributed by atoms with Crippen LogP contribution >= 0.6 is 11.8 Å². The summed E-state index contributed by atoms with van der Waals surface area (Å²) in [6.45, 7) is 1.97. The largest absolute Gasteiger partial charge is 0.497 e. The first-order chi connectivity index (χ1) is 13.0. The monoisotopic (exact) mass is 382 g/mol. The lowest BCUT2D eigenvalue weighted by atomic mass is 10.1. The molecule has 27 heavy (non-hydrogen) atoms. The Morgan fingerprint density at radius 3 is 2.67 bits per heavy atom. The summed E-state index contributed by atoms with van der Waals surface area (Å²) in [7, 11) is 1.56. The van der Waals surface area contributed by atoms with Crippen LogP contribution in [0.15, 0.2) is 58.5 Å². The molecule has 0 saturated heterocycles. The molecule has 3 aromatic rings. The van der Waals surface area contributed by atoms with Gasteiger partial charge in [0, 0.05) is 17.3 Å². The van der Waals surface area contributed by atoms with Crippen LogP contribution in [0.2, 0.25) is 0 Å². The molecule has 0 bridgehead atoms. The van der Waals surface area contributed by atoms with Crippen molar-refractivity contribution in [1.29, 1.82) is 0 Å². The summed E-state index contributed by atoms with van der Waals surface area (Å²) in [5, 5.41) is 11.1. The number of ether oxygens (including phenoxy) is 1. The number of hydrogen-bond donors (Lipinski definition) is 2. The summed E-state index contributed by atoms with van der Waals surface area (Å²) in [6, 6.07) is 14.5. The number of hydrogen-bond acceptors (Lipinski definition) is 6. The summed E-state index contributed by atoms with van der Waals surface area (Å²) < 4.78 is 5.12. The summed E-state index contributed by atoms with van der Waals surface area (Å²) in [6.07, 6.45) is 0. The van der Waals surface area contributed by atoms with E-state index in [0.717, 1.165) is 17.3 Å². The van der Waals surface area contributed by atoms with Gasteiger partial charge >= 0.3 is 0 Å². The normalized spacial score (nSPS) is 10.4. The van der Waals surface area contributed by atoms with E-state index < -0.39 is 0 Å². The van der Waals surface area contributed by atoms with Gasteiger partial charge in [0.05, 0.1) is 12.9 Å². The number of thioether (sulfide) groups is 1. The molecule has 1 heterocycles. The fourth-order valence-corrected chi connectivity index (χ4v) is 2.92. The van der Waals surface area contributed by atoms with Crippen molar-refractivity contribution in [3.8, 4) is 17.0 Å². The van der Waals surface area contributed by atoms with E-state index in [2.05, 4.69) is 20.5 Å². The Balaban J connectivity index is 1.62. The lowest BCUT2D eigenvalue weighted by Gasteiger charge is -2.06. The average molecular weight is 382 g/mol. The Hall–Kier alpha value is -3.13. The third kappa shape index (κ3) is 4.95. The van der Waals surface area contributed by atoms with Crippen LogP contribution in [0.3, 0.4) is 0 Å². The zero-order valence-electron chi connectivity index (χ0n) is 14.9. The van der Waals surface area contributed by atoms with Crippen molar-refractivity contribution in [2.75, 3.05) is 18.2 Å².